The first-order valence-corrected chi connectivity index (χ1v) is 9.22. The Hall–Kier alpha value is -1.91. The maximum Gasteiger partial charge on any atom is 0.305 e. The van der Waals surface area contributed by atoms with E-state index in [1.54, 1.807) is 12.1 Å². The number of nitrogens with one attached hydrogen (secondary N) is 1. The van der Waals surface area contributed by atoms with E-state index in [1.807, 2.05) is 0 Å². The van der Waals surface area contributed by atoms with Gasteiger partial charge < -0.3 is 10.4 Å². The molecule has 0 saturated heterocycles. The van der Waals surface area contributed by atoms with Crippen molar-refractivity contribution in [1.29, 1.82) is 0 Å². The molecule has 5 rings (SSSR count). The lowest BCUT2D eigenvalue weighted by Gasteiger charge is -2.55. The Morgan fingerprint density at radius 3 is 2.08 bits per heavy atom. The van der Waals surface area contributed by atoms with Crippen LogP contribution in [-0.4, -0.2) is 17.0 Å². The predicted molar refractivity (Wildman–Crippen MR) is 90.1 cm³/mol. The fourth-order valence-electron chi connectivity index (χ4n) is 5.82. The minimum absolute atomic E-state index is 0.00201. The van der Waals surface area contributed by atoms with Gasteiger partial charge >= 0.3 is 5.97 Å². The van der Waals surface area contributed by atoms with Crippen molar-refractivity contribution in [1.82, 2.24) is 5.32 Å². The van der Waals surface area contributed by atoms with Crippen molar-refractivity contribution in [2.75, 3.05) is 0 Å². The third-order valence-corrected chi connectivity index (χ3v) is 6.48. The van der Waals surface area contributed by atoms with E-state index in [1.165, 1.54) is 31.4 Å². The van der Waals surface area contributed by atoms with Crippen molar-refractivity contribution in [3.8, 4) is 0 Å². The lowest BCUT2D eigenvalue weighted by molar-refractivity contribution is -0.147. The molecule has 0 heterocycles. The minimum Gasteiger partial charge on any atom is -0.481 e. The third kappa shape index (κ3) is 3.16. The zero-order chi connectivity index (χ0) is 17.6. The van der Waals surface area contributed by atoms with Crippen LogP contribution < -0.4 is 5.32 Å². The SMILES string of the molecule is O=C(O)C[C@@H](NC(=O)C12CC3CC(CC(C3)C1)C2)c1ccc(F)cc1. The summed E-state index contributed by atoms with van der Waals surface area (Å²) in [6, 6.07) is 5.12. The van der Waals surface area contributed by atoms with E-state index in [2.05, 4.69) is 5.32 Å². The zero-order valence-electron chi connectivity index (χ0n) is 14.2. The number of aliphatic carboxylic acids is 1. The monoisotopic (exact) mass is 345 g/mol. The molecular formula is C20H24FNO3. The average Bonchev–Trinajstić information content (AvgIpc) is 2.53. The molecule has 1 aromatic rings. The molecule has 4 bridgehead atoms. The first kappa shape index (κ1) is 16.6. The smallest absolute Gasteiger partial charge is 0.305 e. The summed E-state index contributed by atoms with van der Waals surface area (Å²) in [5.74, 6) is 0.620. The number of rotatable bonds is 5. The molecule has 5 heteroatoms. The van der Waals surface area contributed by atoms with Crippen molar-refractivity contribution < 1.29 is 19.1 Å². The average molecular weight is 345 g/mol. The van der Waals surface area contributed by atoms with Crippen molar-refractivity contribution >= 4 is 11.9 Å². The summed E-state index contributed by atoms with van der Waals surface area (Å²) in [6.07, 6.45) is 6.38. The number of carboxylic acid groups (broad SMARTS) is 1. The van der Waals surface area contributed by atoms with Gasteiger partial charge in [-0.15, -0.1) is 0 Å². The fraction of sp³-hybridized carbons (Fsp3) is 0.600. The number of benzene rings is 1. The Bertz CT molecular complexity index is 649. The molecule has 4 aliphatic rings. The highest BCUT2D eigenvalue weighted by Gasteiger charge is 2.54. The summed E-state index contributed by atoms with van der Waals surface area (Å²) in [5.41, 5.74) is 0.327. The Labute approximate surface area is 146 Å². The standard InChI is InChI=1S/C20H24FNO3/c21-16-3-1-15(2-4-16)17(8-18(23)24)22-19(25)20-9-12-5-13(10-20)7-14(6-12)11-20/h1-4,12-14,17H,5-11H2,(H,22,25)(H,23,24)/t12?,13?,14?,17-,20?/m1/s1. The van der Waals surface area contributed by atoms with E-state index in [0.29, 0.717) is 23.3 Å². The summed E-state index contributed by atoms with van der Waals surface area (Å²) in [6.45, 7) is 0. The highest BCUT2D eigenvalue weighted by Crippen LogP contribution is 2.60. The predicted octanol–water partition coefficient (Wildman–Crippen LogP) is 3.67. The van der Waals surface area contributed by atoms with Gasteiger partial charge in [0.25, 0.3) is 0 Å². The van der Waals surface area contributed by atoms with Gasteiger partial charge in [0.1, 0.15) is 5.82 Å². The molecule has 2 N–H and O–H groups in total. The number of amides is 1. The number of hydrogen-bond donors (Lipinski definition) is 2. The molecule has 0 radical (unpaired) electrons. The van der Waals surface area contributed by atoms with Crippen LogP contribution in [0, 0.1) is 29.0 Å². The number of hydrogen-bond acceptors (Lipinski definition) is 2. The van der Waals surface area contributed by atoms with Gasteiger partial charge in [0.15, 0.2) is 0 Å². The number of carbonyl (C=O) groups excluding carboxylic acids is 1. The summed E-state index contributed by atoms with van der Waals surface area (Å²) in [4.78, 5) is 24.4. The van der Waals surface area contributed by atoms with Crippen LogP contribution in [0.2, 0.25) is 0 Å². The third-order valence-electron chi connectivity index (χ3n) is 6.48. The Kier molecular flexibility index (Phi) is 4.05. The van der Waals surface area contributed by atoms with Gasteiger partial charge in [-0.2, -0.15) is 0 Å². The van der Waals surface area contributed by atoms with Crippen LogP contribution in [0.1, 0.15) is 56.6 Å². The summed E-state index contributed by atoms with van der Waals surface area (Å²) in [7, 11) is 0. The van der Waals surface area contributed by atoms with Gasteiger partial charge in [0.05, 0.1) is 12.5 Å². The fourth-order valence-corrected chi connectivity index (χ4v) is 5.82. The maximum absolute atomic E-state index is 13.2. The second-order valence-corrected chi connectivity index (χ2v) is 8.37. The molecule has 4 saturated carbocycles. The Morgan fingerprint density at radius 2 is 1.60 bits per heavy atom. The van der Waals surface area contributed by atoms with Crippen molar-refractivity contribution in [3.05, 3.63) is 35.6 Å². The number of carbonyl (C=O) groups is 2. The maximum atomic E-state index is 13.2. The second-order valence-electron chi connectivity index (χ2n) is 8.37. The molecule has 25 heavy (non-hydrogen) atoms. The van der Waals surface area contributed by atoms with E-state index < -0.39 is 12.0 Å². The van der Waals surface area contributed by atoms with Crippen LogP contribution in [0.5, 0.6) is 0 Å². The van der Waals surface area contributed by atoms with E-state index in [9.17, 15) is 19.1 Å². The van der Waals surface area contributed by atoms with Crippen LogP contribution in [0.4, 0.5) is 4.39 Å². The van der Waals surface area contributed by atoms with Crippen molar-refractivity contribution in [2.45, 2.75) is 51.0 Å². The topological polar surface area (TPSA) is 66.4 Å². The van der Waals surface area contributed by atoms with Crippen LogP contribution in [-0.2, 0) is 9.59 Å². The molecule has 0 spiro atoms. The van der Waals surface area contributed by atoms with Crippen molar-refractivity contribution in [3.63, 3.8) is 0 Å². The Balaban J connectivity index is 1.54. The molecule has 1 amide bonds. The zero-order valence-corrected chi connectivity index (χ0v) is 14.2. The van der Waals surface area contributed by atoms with Gasteiger partial charge in [-0.1, -0.05) is 12.1 Å². The van der Waals surface area contributed by atoms with Crippen molar-refractivity contribution in [2.24, 2.45) is 23.2 Å². The van der Waals surface area contributed by atoms with E-state index in [4.69, 9.17) is 0 Å². The molecule has 4 nitrogen and oxygen atoms in total. The quantitative estimate of drug-likeness (QED) is 0.855. The highest BCUT2D eigenvalue weighted by atomic mass is 19.1. The molecule has 134 valence electrons. The summed E-state index contributed by atoms with van der Waals surface area (Å²) >= 11 is 0. The number of halogens is 1. The molecule has 0 aromatic heterocycles. The largest absolute Gasteiger partial charge is 0.481 e. The van der Waals surface area contributed by atoms with Gasteiger partial charge in [-0.05, 0) is 74.0 Å². The van der Waals surface area contributed by atoms with E-state index in [-0.39, 0.29) is 23.6 Å². The second kappa shape index (κ2) is 6.11. The summed E-state index contributed by atoms with van der Waals surface area (Å²) in [5, 5.41) is 12.2. The normalized spacial score (nSPS) is 33.9. The Morgan fingerprint density at radius 1 is 1.08 bits per heavy atom. The van der Waals surface area contributed by atoms with Crippen LogP contribution in [0.3, 0.4) is 0 Å². The van der Waals surface area contributed by atoms with Crippen LogP contribution >= 0.6 is 0 Å². The van der Waals surface area contributed by atoms with Gasteiger partial charge in [0, 0.05) is 5.41 Å². The van der Waals surface area contributed by atoms with Gasteiger partial charge in [-0.25, -0.2) is 4.39 Å². The first-order valence-electron chi connectivity index (χ1n) is 9.22. The molecule has 4 aliphatic carbocycles. The molecule has 4 fully saturated rings. The van der Waals surface area contributed by atoms with E-state index >= 15 is 0 Å². The molecule has 0 aliphatic heterocycles. The van der Waals surface area contributed by atoms with Crippen LogP contribution in [0.15, 0.2) is 24.3 Å². The van der Waals surface area contributed by atoms with Crippen LogP contribution in [0.25, 0.3) is 0 Å². The van der Waals surface area contributed by atoms with Gasteiger partial charge in [-0.3, -0.25) is 9.59 Å². The molecular weight excluding hydrogens is 321 g/mol. The molecule has 1 aromatic carbocycles. The lowest BCUT2D eigenvalue weighted by Crippen LogP contribution is -2.54. The summed E-state index contributed by atoms with van der Waals surface area (Å²) < 4.78 is 13.2. The minimum atomic E-state index is -0.972. The lowest BCUT2D eigenvalue weighted by atomic mass is 9.49. The molecule has 0 unspecified atom stereocenters. The van der Waals surface area contributed by atoms with E-state index in [0.717, 1.165) is 19.3 Å². The van der Waals surface area contributed by atoms with Gasteiger partial charge in [0.2, 0.25) is 5.91 Å². The first-order chi connectivity index (χ1) is 11.9. The highest BCUT2D eigenvalue weighted by molar-refractivity contribution is 5.84. The molecule has 1 atom stereocenters. The number of carboxylic acids is 1.